The number of fused-ring (bicyclic) bond motifs is 1. The zero-order valence-corrected chi connectivity index (χ0v) is 17.5. The Balaban J connectivity index is 1.67. The van der Waals surface area contributed by atoms with Gasteiger partial charge in [-0.3, -0.25) is 4.79 Å². The van der Waals surface area contributed by atoms with Crippen molar-refractivity contribution in [2.45, 2.75) is 37.1 Å². The van der Waals surface area contributed by atoms with E-state index in [0.717, 1.165) is 35.2 Å². The molecule has 2 aliphatic carbocycles. The number of halogens is 2. The number of nitrogens with one attached hydrogen (secondary N) is 1. The van der Waals surface area contributed by atoms with E-state index < -0.39 is 5.41 Å². The number of allylic oxidation sites excluding steroid dienone is 2. The summed E-state index contributed by atoms with van der Waals surface area (Å²) in [6, 6.07) is 13.0. The summed E-state index contributed by atoms with van der Waals surface area (Å²) < 4.78 is 28.8. The molecule has 0 amide bonds. The first kappa shape index (κ1) is 20.4. The molecular weight excluding hydrogens is 408 g/mol. The number of aromatic nitrogens is 2. The smallest absolute Gasteiger partial charge is 0.270 e. The predicted octanol–water partition coefficient (Wildman–Crippen LogP) is 5.51. The fourth-order valence-corrected chi connectivity index (χ4v) is 4.54. The third kappa shape index (κ3) is 3.36. The molecule has 3 aromatic rings. The number of carbonyl (C=O) groups is 1. The molecule has 0 radical (unpaired) electrons. The quantitative estimate of drug-likeness (QED) is 0.542. The Morgan fingerprint density at radius 1 is 1.06 bits per heavy atom. The highest BCUT2D eigenvalue weighted by molar-refractivity contribution is 5.91. The minimum atomic E-state index is -0.707. The van der Waals surface area contributed by atoms with E-state index in [2.05, 4.69) is 17.0 Å². The molecule has 2 aliphatic rings. The van der Waals surface area contributed by atoms with E-state index >= 15 is 0 Å². The van der Waals surface area contributed by atoms with Crippen LogP contribution in [-0.4, -0.2) is 21.7 Å². The minimum Gasteiger partial charge on any atom is -0.365 e. The van der Waals surface area contributed by atoms with Gasteiger partial charge in [0.25, 0.3) is 5.91 Å². The Labute approximate surface area is 185 Å². The second kappa shape index (κ2) is 7.86. The lowest BCUT2D eigenvalue weighted by Crippen LogP contribution is -2.32. The van der Waals surface area contributed by atoms with Crippen LogP contribution in [0.3, 0.4) is 0 Å². The molecule has 1 saturated carbocycles. The lowest BCUT2D eigenvalue weighted by molar-refractivity contribution is 0.0950. The van der Waals surface area contributed by atoms with Gasteiger partial charge in [0.2, 0.25) is 0 Å². The zero-order valence-electron chi connectivity index (χ0n) is 17.5. The van der Waals surface area contributed by atoms with Crippen LogP contribution in [0.5, 0.6) is 0 Å². The topological polar surface area (TPSA) is 46.9 Å². The summed E-state index contributed by atoms with van der Waals surface area (Å²) in [5, 5.41) is 8.04. The Morgan fingerprint density at radius 3 is 2.16 bits per heavy atom. The van der Waals surface area contributed by atoms with Crippen molar-refractivity contribution in [2.24, 2.45) is 0 Å². The number of nitrogens with zero attached hydrogens (tertiary/aromatic N) is 2. The second-order valence-electron chi connectivity index (χ2n) is 8.43. The van der Waals surface area contributed by atoms with Crippen molar-refractivity contribution in [3.05, 3.63) is 101 Å². The van der Waals surface area contributed by atoms with E-state index in [9.17, 15) is 13.6 Å². The van der Waals surface area contributed by atoms with Crippen LogP contribution in [0.1, 0.15) is 46.4 Å². The van der Waals surface area contributed by atoms with Gasteiger partial charge in [-0.1, -0.05) is 43.0 Å². The number of carbonyl (C=O) groups excluding carboxylic acids is 1. The van der Waals surface area contributed by atoms with Gasteiger partial charge in [0.05, 0.1) is 5.69 Å². The molecule has 162 valence electrons. The lowest BCUT2D eigenvalue weighted by Gasteiger charge is -2.35. The molecule has 2 aromatic carbocycles. The van der Waals surface area contributed by atoms with E-state index in [0.29, 0.717) is 18.3 Å². The summed E-state index contributed by atoms with van der Waals surface area (Å²) in [6.45, 7) is 3.62. The highest BCUT2D eigenvalue weighted by Crippen LogP contribution is 2.43. The molecule has 1 fully saturated rings. The van der Waals surface area contributed by atoms with E-state index in [1.807, 2.05) is 12.2 Å². The molecule has 4 nitrogen and oxygen atoms in total. The fraction of sp³-hybridized carbons (Fsp3) is 0.231. The molecule has 32 heavy (non-hydrogen) atoms. The number of benzene rings is 2. The summed E-state index contributed by atoms with van der Waals surface area (Å²) in [6.07, 6.45) is 9.01. The zero-order chi connectivity index (χ0) is 22.3. The highest BCUT2D eigenvalue weighted by atomic mass is 19.1. The average molecular weight is 431 g/mol. The van der Waals surface area contributed by atoms with Gasteiger partial charge in [-0.25, -0.2) is 8.78 Å². The van der Waals surface area contributed by atoms with Gasteiger partial charge in [-0.2, -0.15) is 4.68 Å². The molecule has 1 N–H and O–H groups in total. The van der Waals surface area contributed by atoms with Crippen LogP contribution in [0.25, 0.3) is 6.08 Å². The van der Waals surface area contributed by atoms with Crippen LogP contribution >= 0.6 is 0 Å². The average Bonchev–Trinajstić information content (AvgIpc) is 3.14. The maximum absolute atomic E-state index is 13.7. The first-order valence-corrected chi connectivity index (χ1v) is 10.8. The van der Waals surface area contributed by atoms with Gasteiger partial charge in [0.15, 0.2) is 5.82 Å². The summed E-state index contributed by atoms with van der Waals surface area (Å²) in [4.78, 5) is 12.7. The Morgan fingerprint density at radius 2 is 1.66 bits per heavy atom. The maximum Gasteiger partial charge on any atom is 0.270 e. The second-order valence-corrected chi connectivity index (χ2v) is 8.43. The summed E-state index contributed by atoms with van der Waals surface area (Å²) in [5.74, 6) is -0.294. The molecule has 6 heteroatoms. The molecule has 0 bridgehead atoms. The third-order valence-electron chi connectivity index (χ3n) is 6.55. The van der Waals surface area contributed by atoms with Gasteiger partial charge in [-0.15, -0.1) is 5.10 Å². The molecule has 5 rings (SSSR count). The SMILES string of the molecule is C=CC(=O)n1nc(NC2CCC2)c2c1CC(c1ccc(F)cc1)(c1ccc(F)cc1)C=C2. The van der Waals surface area contributed by atoms with Gasteiger partial charge < -0.3 is 5.32 Å². The first-order chi connectivity index (χ1) is 15.5. The standard InChI is InChI=1S/C26H23F2N3O/c1-2-24(32)31-23-16-26(17-6-10-19(27)11-7-17,18-8-12-20(28)13-9-18)15-14-22(23)25(30-31)29-21-4-3-5-21/h2,6-15,21H,1,3-5,16H2,(H,29,30). The normalized spacial score (nSPS) is 16.8. The van der Waals surface area contributed by atoms with Crippen molar-refractivity contribution in [3.63, 3.8) is 0 Å². The Bertz CT molecular complexity index is 1160. The summed E-state index contributed by atoms with van der Waals surface area (Å²) >= 11 is 0. The van der Waals surface area contributed by atoms with Gasteiger partial charge in [-0.05, 0) is 60.7 Å². The van der Waals surface area contributed by atoms with Crippen molar-refractivity contribution in [3.8, 4) is 0 Å². The maximum atomic E-state index is 13.7. The molecule has 0 unspecified atom stereocenters. The van der Waals surface area contributed by atoms with Crippen LogP contribution in [0.4, 0.5) is 14.6 Å². The van der Waals surface area contributed by atoms with Crippen molar-refractivity contribution in [1.29, 1.82) is 0 Å². The highest BCUT2D eigenvalue weighted by Gasteiger charge is 2.38. The number of hydrogen-bond acceptors (Lipinski definition) is 3. The van der Waals surface area contributed by atoms with Crippen molar-refractivity contribution < 1.29 is 13.6 Å². The van der Waals surface area contributed by atoms with E-state index in [4.69, 9.17) is 0 Å². The van der Waals surface area contributed by atoms with Crippen molar-refractivity contribution >= 4 is 17.8 Å². The fourth-order valence-electron chi connectivity index (χ4n) is 4.54. The van der Waals surface area contributed by atoms with Gasteiger partial charge >= 0.3 is 0 Å². The van der Waals surface area contributed by atoms with Gasteiger partial charge in [0.1, 0.15) is 11.6 Å². The van der Waals surface area contributed by atoms with Crippen molar-refractivity contribution in [2.75, 3.05) is 5.32 Å². The van der Waals surface area contributed by atoms with E-state index in [1.54, 1.807) is 24.3 Å². The van der Waals surface area contributed by atoms with Crippen molar-refractivity contribution in [1.82, 2.24) is 9.78 Å². The third-order valence-corrected chi connectivity index (χ3v) is 6.55. The molecule has 1 heterocycles. The number of hydrogen-bond donors (Lipinski definition) is 1. The first-order valence-electron chi connectivity index (χ1n) is 10.8. The van der Waals surface area contributed by atoms with Crippen LogP contribution in [-0.2, 0) is 11.8 Å². The lowest BCUT2D eigenvalue weighted by atomic mass is 9.68. The summed E-state index contributed by atoms with van der Waals surface area (Å²) in [7, 11) is 0. The van der Waals surface area contributed by atoms with Crippen LogP contribution in [0, 0.1) is 11.6 Å². The van der Waals surface area contributed by atoms with E-state index in [1.165, 1.54) is 41.4 Å². The largest absolute Gasteiger partial charge is 0.365 e. The summed E-state index contributed by atoms with van der Waals surface area (Å²) in [5.41, 5.74) is 2.60. The molecule has 0 saturated heterocycles. The minimum absolute atomic E-state index is 0.315. The number of anilines is 1. The van der Waals surface area contributed by atoms with Crippen LogP contribution in [0.2, 0.25) is 0 Å². The van der Waals surface area contributed by atoms with Crippen LogP contribution in [0.15, 0.2) is 67.3 Å². The van der Waals surface area contributed by atoms with E-state index in [-0.39, 0.29) is 17.5 Å². The number of rotatable bonds is 5. The Hall–Kier alpha value is -3.54. The molecule has 0 aliphatic heterocycles. The molecular formula is C26H23F2N3O. The monoisotopic (exact) mass is 431 g/mol. The molecule has 0 atom stereocenters. The van der Waals surface area contributed by atoms with Crippen LogP contribution < -0.4 is 5.32 Å². The Kier molecular flexibility index (Phi) is 5.00. The molecule has 1 aromatic heterocycles. The predicted molar refractivity (Wildman–Crippen MR) is 121 cm³/mol. The van der Waals surface area contributed by atoms with Gasteiger partial charge in [0, 0.05) is 23.4 Å². The molecule has 0 spiro atoms.